The molecule has 0 aliphatic rings. The lowest BCUT2D eigenvalue weighted by Gasteiger charge is -2.09. The summed E-state index contributed by atoms with van der Waals surface area (Å²) < 4.78 is 11.0. The number of carbonyl (C=O) groups is 2. The first kappa shape index (κ1) is 22.5. The van der Waals surface area contributed by atoms with Crippen LogP contribution in [0.3, 0.4) is 0 Å². The smallest absolute Gasteiger partial charge is 0.354 e. The predicted molar refractivity (Wildman–Crippen MR) is 123 cm³/mol. The molecule has 0 heterocycles. The van der Waals surface area contributed by atoms with E-state index in [1.165, 1.54) is 6.08 Å². The maximum absolute atomic E-state index is 12.6. The summed E-state index contributed by atoms with van der Waals surface area (Å²) in [6, 6.07) is 22.8. The van der Waals surface area contributed by atoms with Crippen LogP contribution in [0.25, 0.3) is 6.08 Å². The van der Waals surface area contributed by atoms with Gasteiger partial charge in [0, 0.05) is 11.1 Å². The largest absolute Gasteiger partial charge is 0.494 e. The van der Waals surface area contributed by atoms with Crippen LogP contribution in [0.4, 0.5) is 0 Å². The number of carbonyl (C=O) groups excluding carboxylic acids is 2. The van der Waals surface area contributed by atoms with Gasteiger partial charge in [0.05, 0.1) is 6.61 Å². The van der Waals surface area contributed by atoms with Gasteiger partial charge in [-0.1, -0.05) is 49.4 Å². The minimum atomic E-state index is -0.760. The fourth-order valence-electron chi connectivity index (χ4n) is 3.00. The van der Waals surface area contributed by atoms with E-state index in [4.69, 9.17) is 9.47 Å². The van der Waals surface area contributed by atoms with Gasteiger partial charge in [-0.25, -0.2) is 4.79 Å². The van der Waals surface area contributed by atoms with Crippen LogP contribution in [0, 0.1) is 18.3 Å². The van der Waals surface area contributed by atoms with Crippen LogP contribution in [0.1, 0.15) is 40.4 Å². The zero-order valence-electron chi connectivity index (χ0n) is 18.0. The Balaban J connectivity index is 1.73. The Hall–Kier alpha value is -4.17. The summed E-state index contributed by atoms with van der Waals surface area (Å²) in [5, 5.41) is 9.43. The molecule has 32 heavy (non-hydrogen) atoms. The summed E-state index contributed by atoms with van der Waals surface area (Å²) in [4.78, 5) is 25.1. The van der Waals surface area contributed by atoms with E-state index in [2.05, 4.69) is 0 Å². The summed E-state index contributed by atoms with van der Waals surface area (Å²) in [6.45, 7) is 4.40. The molecule has 0 spiro atoms. The molecule has 0 aromatic heterocycles. The van der Waals surface area contributed by atoms with Crippen LogP contribution in [0.5, 0.6) is 11.5 Å². The van der Waals surface area contributed by atoms with Crippen molar-refractivity contribution >= 4 is 17.8 Å². The van der Waals surface area contributed by atoms with E-state index in [0.29, 0.717) is 34.6 Å². The lowest BCUT2D eigenvalue weighted by molar-refractivity contribution is -0.129. The van der Waals surface area contributed by atoms with Crippen molar-refractivity contribution in [2.45, 2.75) is 20.3 Å². The van der Waals surface area contributed by atoms with Crippen molar-refractivity contribution in [1.29, 1.82) is 5.26 Å². The SMILES string of the molecule is CCCOc1ccc(/C=C(\C#N)C(=O)Oc2ccc(C(=O)c3ccccc3)cc2C)cc1. The molecule has 3 rings (SSSR count). The Morgan fingerprint density at radius 3 is 2.31 bits per heavy atom. The second-order valence-electron chi connectivity index (χ2n) is 7.15. The minimum absolute atomic E-state index is 0.115. The third-order valence-corrected chi connectivity index (χ3v) is 4.68. The highest BCUT2D eigenvalue weighted by molar-refractivity contribution is 6.09. The standard InChI is InChI=1S/C27H23NO4/c1-3-15-31-24-12-9-20(10-13-24)17-23(18-28)27(30)32-25-14-11-22(16-19(25)2)26(29)21-7-5-4-6-8-21/h4-14,16-17H,3,15H2,1-2H3/b23-17+. The maximum Gasteiger partial charge on any atom is 0.354 e. The van der Waals surface area contributed by atoms with E-state index >= 15 is 0 Å². The monoisotopic (exact) mass is 425 g/mol. The number of ether oxygens (including phenoxy) is 2. The third-order valence-electron chi connectivity index (χ3n) is 4.68. The normalized spacial score (nSPS) is 10.8. The number of aryl methyl sites for hydroxylation is 1. The van der Waals surface area contributed by atoms with Gasteiger partial charge in [0.15, 0.2) is 5.78 Å². The summed E-state index contributed by atoms with van der Waals surface area (Å²) in [7, 11) is 0. The molecule has 160 valence electrons. The third kappa shape index (κ3) is 5.71. The molecule has 0 aliphatic carbocycles. The van der Waals surface area contributed by atoms with Gasteiger partial charge in [-0.3, -0.25) is 4.79 Å². The lowest BCUT2D eigenvalue weighted by atomic mass is 10.0. The van der Waals surface area contributed by atoms with E-state index < -0.39 is 5.97 Å². The molecule has 3 aromatic rings. The second-order valence-corrected chi connectivity index (χ2v) is 7.15. The fourth-order valence-corrected chi connectivity index (χ4v) is 3.00. The Morgan fingerprint density at radius 2 is 1.69 bits per heavy atom. The molecule has 5 nitrogen and oxygen atoms in total. The lowest BCUT2D eigenvalue weighted by Crippen LogP contribution is -2.11. The van der Waals surface area contributed by atoms with E-state index in [1.807, 2.05) is 19.1 Å². The predicted octanol–water partition coefficient (Wildman–Crippen LogP) is 5.53. The molecule has 0 bridgehead atoms. The second kappa shape index (κ2) is 10.7. The topological polar surface area (TPSA) is 76.4 Å². The summed E-state index contributed by atoms with van der Waals surface area (Å²) in [6.07, 6.45) is 2.38. The van der Waals surface area contributed by atoms with Gasteiger partial charge in [0.1, 0.15) is 23.1 Å². The molecule has 0 radical (unpaired) electrons. The van der Waals surface area contributed by atoms with Crippen molar-refractivity contribution in [3.05, 3.63) is 101 Å². The average Bonchev–Trinajstić information content (AvgIpc) is 2.83. The number of ketones is 1. The maximum atomic E-state index is 12.6. The first-order valence-electron chi connectivity index (χ1n) is 10.3. The molecular weight excluding hydrogens is 402 g/mol. The molecule has 0 saturated carbocycles. The van der Waals surface area contributed by atoms with E-state index in [9.17, 15) is 14.9 Å². The number of esters is 1. The molecule has 5 heteroatoms. The van der Waals surface area contributed by atoms with E-state index in [0.717, 1.165) is 12.2 Å². The van der Waals surface area contributed by atoms with Crippen LogP contribution >= 0.6 is 0 Å². The van der Waals surface area contributed by atoms with Gasteiger partial charge in [-0.05, 0) is 60.9 Å². The number of nitriles is 1. The number of nitrogens with zero attached hydrogens (tertiary/aromatic N) is 1. The quantitative estimate of drug-likeness (QED) is 0.156. The number of benzene rings is 3. The first-order chi connectivity index (χ1) is 15.5. The molecule has 0 amide bonds. The van der Waals surface area contributed by atoms with Gasteiger partial charge in [0.2, 0.25) is 0 Å². The zero-order chi connectivity index (χ0) is 22.9. The number of rotatable bonds is 8. The van der Waals surface area contributed by atoms with Crippen molar-refractivity contribution in [3.8, 4) is 17.6 Å². The van der Waals surface area contributed by atoms with E-state index in [-0.39, 0.29) is 11.4 Å². The van der Waals surface area contributed by atoms with Gasteiger partial charge >= 0.3 is 5.97 Å². The highest BCUT2D eigenvalue weighted by Crippen LogP contribution is 2.23. The first-order valence-corrected chi connectivity index (χ1v) is 10.3. The van der Waals surface area contributed by atoms with Gasteiger partial charge in [0.25, 0.3) is 0 Å². The van der Waals surface area contributed by atoms with E-state index in [1.54, 1.807) is 73.7 Å². The molecular formula is C27H23NO4. The molecule has 0 saturated heterocycles. The Bertz CT molecular complexity index is 1170. The van der Waals surface area contributed by atoms with Crippen molar-refractivity contribution in [1.82, 2.24) is 0 Å². The number of hydrogen-bond acceptors (Lipinski definition) is 5. The zero-order valence-corrected chi connectivity index (χ0v) is 18.0. The van der Waals surface area contributed by atoms with Gasteiger partial charge < -0.3 is 9.47 Å². The molecule has 0 fully saturated rings. The molecule has 0 aliphatic heterocycles. The summed E-state index contributed by atoms with van der Waals surface area (Å²) >= 11 is 0. The van der Waals surface area contributed by atoms with Crippen LogP contribution in [0.2, 0.25) is 0 Å². The van der Waals surface area contributed by atoms with Gasteiger partial charge in [-0.2, -0.15) is 5.26 Å². The van der Waals surface area contributed by atoms with Crippen molar-refractivity contribution < 1.29 is 19.1 Å². The minimum Gasteiger partial charge on any atom is -0.494 e. The van der Waals surface area contributed by atoms with Crippen LogP contribution in [-0.4, -0.2) is 18.4 Å². The van der Waals surface area contributed by atoms with Crippen molar-refractivity contribution in [2.24, 2.45) is 0 Å². The van der Waals surface area contributed by atoms with Crippen molar-refractivity contribution in [3.63, 3.8) is 0 Å². The highest BCUT2D eigenvalue weighted by atomic mass is 16.5. The molecule has 0 atom stereocenters. The van der Waals surface area contributed by atoms with Crippen molar-refractivity contribution in [2.75, 3.05) is 6.61 Å². The Morgan fingerprint density at radius 1 is 0.969 bits per heavy atom. The Labute approximate surface area is 187 Å². The van der Waals surface area contributed by atoms with Crippen LogP contribution in [-0.2, 0) is 4.79 Å². The summed E-state index contributed by atoms with van der Waals surface area (Å²) in [5.41, 5.74) is 2.25. The molecule has 0 unspecified atom stereocenters. The van der Waals surface area contributed by atoms with Gasteiger partial charge in [-0.15, -0.1) is 0 Å². The Kier molecular flexibility index (Phi) is 7.55. The fraction of sp³-hybridized carbons (Fsp3) is 0.148. The average molecular weight is 425 g/mol. The van der Waals surface area contributed by atoms with Crippen LogP contribution in [0.15, 0.2) is 78.4 Å². The summed E-state index contributed by atoms with van der Waals surface area (Å²) in [5.74, 6) is 0.148. The molecule has 3 aromatic carbocycles. The van der Waals surface area contributed by atoms with Crippen LogP contribution < -0.4 is 9.47 Å². The molecule has 0 N–H and O–H groups in total. The number of hydrogen-bond donors (Lipinski definition) is 0. The highest BCUT2D eigenvalue weighted by Gasteiger charge is 2.16.